The van der Waals surface area contributed by atoms with Crippen LogP contribution in [0.3, 0.4) is 0 Å². The van der Waals surface area contributed by atoms with Crippen molar-refractivity contribution >= 4 is 12.7 Å². The lowest BCUT2D eigenvalue weighted by Crippen LogP contribution is -2.41. The molecule has 1 aliphatic rings. The maximum Gasteiger partial charge on any atom is 0.516 e. The van der Waals surface area contributed by atoms with E-state index in [9.17, 15) is 17.6 Å². The molecule has 1 aromatic carbocycles. The predicted molar refractivity (Wildman–Crippen MR) is 84.2 cm³/mol. The highest BCUT2D eigenvalue weighted by atomic mass is 19.4. The van der Waals surface area contributed by atoms with Crippen LogP contribution < -0.4 is 5.59 Å². The largest absolute Gasteiger partial charge is 0.516 e. The highest BCUT2D eigenvalue weighted by Crippen LogP contribution is 2.37. The van der Waals surface area contributed by atoms with E-state index in [1.807, 2.05) is 27.7 Å². The van der Waals surface area contributed by atoms with Crippen LogP contribution in [-0.2, 0) is 15.5 Å². The standard InChI is InChI=1S/C16H17BF4N2O2/c1-14(2)15(3,4)25-17(24-14)12-9-23(13(18)22-12)11-8-6-5-7-10(11)16(19,20)21/h5-9H,1-4H3. The van der Waals surface area contributed by atoms with Crippen LogP contribution in [0.4, 0.5) is 17.6 Å². The first kappa shape index (κ1) is 17.9. The lowest BCUT2D eigenvalue weighted by atomic mass is 9.86. The molecule has 0 bridgehead atoms. The van der Waals surface area contributed by atoms with Crippen LogP contribution in [0.5, 0.6) is 0 Å². The maximum atomic E-state index is 14.3. The number of alkyl halides is 3. The Labute approximate surface area is 142 Å². The second-order valence-electron chi connectivity index (χ2n) is 6.91. The van der Waals surface area contributed by atoms with Crippen LogP contribution in [-0.4, -0.2) is 27.9 Å². The summed E-state index contributed by atoms with van der Waals surface area (Å²) in [6.45, 7) is 7.28. The number of aromatic nitrogens is 2. The molecule has 0 saturated carbocycles. The summed E-state index contributed by atoms with van der Waals surface area (Å²) in [5, 5.41) is 0. The van der Waals surface area contributed by atoms with Gasteiger partial charge in [0, 0.05) is 6.20 Å². The zero-order valence-electron chi connectivity index (χ0n) is 14.2. The Kier molecular flexibility index (Phi) is 4.00. The van der Waals surface area contributed by atoms with E-state index in [0.717, 1.165) is 10.6 Å². The summed E-state index contributed by atoms with van der Waals surface area (Å²) in [5.74, 6) is 0. The number of hydrogen-bond donors (Lipinski definition) is 0. The van der Waals surface area contributed by atoms with E-state index in [2.05, 4.69) is 4.98 Å². The van der Waals surface area contributed by atoms with Gasteiger partial charge in [-0.05, 0) is 39.8 Å². The summed E-state index contributed by atoms with van der Waals surface area (Å²) in [5.41, 5.74) is -2.55. The van der Waals surface area contributed by atoms with Crippen molar-refractivity contribution in [2.24, 2.45) is 0 Å². The van der Waals surface area contributed by atoms with Crippen molar-refractivity contribution in [2.75, 3.05) is 0 Å². The van der Waals surface area contributed by atoms with Crippen LogP contribution in [0.25, 0.3) is 5.69 Å². The summed E-state index contributed by atoms with van der Waals surface area (Å²) in [4.78, 5) is 3.70. The van der Waals surface area contributed by atoms with Gasteiger partial charge in [0.2, 0.25) is 0 Å². The lowest BCUT2D eigenvalue weighted by molar-refractivity contribution is -0.137. The van der Waals surface area contributed by atoms with Gasteiger partial charge in [0.05, 0.1) is 28.0 Å². The molecular weight excluding hydrogens is 339 g/mol. The van der Waals surface area contributed by atoms with Gasteiger partial charge < -0.3 is 9.31 Å². The smallest absolute Gasteiger partial charge is 0.398 e. The fraction of sp³-hybridized carbons (Fsp3) is 0.438. The molecule has 1 saturated heterocycles. The minimum atomic E-state index is -4.61. The van der Waals surface area contributed by atoms with Gasteiger partial charge in [-0.25, -0.2) is 4.98 Å². The van der Waals surface area contributed by atoms with Crippen LogP contribution in [0, 0.1) is 6.08 Å². The molecule has 1 aliphatic heterocycles. The second kappa shape index (κ2) is 5.57. The Bertz CT molecular complexity index is 786. The minimum absolute atomic E-state index is 0.0770. The van der Waals surface area contributed by atoms with Gasteiger partial charge in [0.1, 0.15) is 0 Å². The van der Waals surface area contributed by atoms with Crippen molar-refractivity contribution in [3.8, 4) is 5.69 Å². The van der Waals surface area contributed by atoms with Crippen LogP contribution in [0.1, 0.15) is 33.3 Å². The van der Waals surface area contributed by atoms with Crippen molar-refractivity contribution in [2.45, 2.75) is 45.1 Å². The zero-order valence-corrected chi connectivity index (χ0v) is 14.2. The van der Waals surface area contributed by atoms with Gasteiger partial charge in [0.15, 0.2) is 0 Å². The average molecular weight is 356 g/mol. The molecule has 3 rings (SSSR count). The third-order valence-electron chi connectivity index (χ3n) is 4.65. The number of hydrogen-bond acceptors (Lipinski definition) is 3. The SMILES string of the molecule is CC1(C)OB(c2cn(-c3ccccc3C(F)(F)F)c(F)n2)OC1(C)C. The van der Waals surface area contributed by atoms with Crippen LogP contribution in [0.2, 0.25) is 0 Å². The molecule has 0 amide bonds. The summed E-state index contributed by atoms with van der Waals surface area (Å²) in [6.07, 6.45) is -4.51. The molecule has 0 aliphatic carbocycles. The molecule has 0 radical (unpaired) electrons. The number of nitrogens with zero attached hydrogens (tertiary/aromatic N) is 2. The molecule has 4 nitrogen and oxygen atoms in total. The normalized spacial score (nSPS) is 19.4. The van der Waals surface area contributed by atoms with Crippen LogP contribution >= 0.6 is 0 Å². The Balaban J connectivity index is 2.01. The molecule has 9 heteroatoms. The first-order chi connectivity index (χ1) is 11.4. The van der Waals surface area contributed by atoms with Crippen LogP contribution in [0.15, 0.2) is 30.5 Å². The third kappa shape index (κ3) is 3.06. The molecule has 0 unspecified atom stereocenters. The Morgan fingerprint density at radius 1 is 1.04 bits per heavy atom. The fourth-order valence-corrected chi connectivity index (χ4v) is 2.54. The van der Waals surface area contributed by atoms with E-state index in [4.69, 9.17) is 9.31 Å². The van der Waals surface area contributed by atoms with Gasteiger partial charge in [0.25, 0.3) is 6.08 Å². The molecular formula is C16H17BF4N2O2. The molecule has 1 fully saturated rings. The Hall–Kier alpha value is -1.87. The first-order valence-electron chi connectivity index (χ1n) is 7.69. The fourth-order valence-electron chi connectivity index (χ4n) is 2.54. The van der Waals surface area contributed by atoms with Gasteiger partial charge in [-0.15, -0.1) is 0 Å². The average Bonchev–Trinajstić information content (AvgIpc) is 2.96. The molecule has 134 valence electrons. The van der Waals surface area contributed by atoms with E-state index in [-0.39, 0.29) is 11.3 Å². The van der Waals surface area contributed by atoms with Crippen molar-refractivity contribution in [1.29, 1.82) is 0 Å². The number of imidazole rings is 1. The zero-order chi connectivity index (χ0) is 18.6. The highest BCUT2D eigenvalue weighted by molar-refractivity contribution is 6.61. The van der Waals surface area contributed by atoms with E-state index in [1.165, 1.54) is 24.4 Å². The summed E-state index contributed by atoms with van der Waals surface area (Å²) < 4.78 is 66.1. The first-order valence-corrected chi connectivity index (χ1v) is 7.69. The van der Waals surface area contributed by atoms with Gasteiger partial charge in [-0.1, -0.05) is 12.1 Å². The topological polar surface area (TPSA) is 36.3 Å². The predicted octanol–water partition coefficient (Wildman–Crippen LogP) is 3.33. The van der Waals surface area contributed by atoms with Crippen molar-refractivity contribution in [1.82, 2.24) is 9.55 Å². The van der Waals surface area contributed by atoms with Crippen molar-refractivity contribution in [3.63, 3.8) is 0 Å². The quantitative estimate of drug-likeness (QED) is 0.612. The van der Waals surface area contributed by atoms with Gasteiger partial charge >= 0.3 is 13.3 Å². The van der Waals surface area contributed by atoms with E-state index >= 15 is 0 Å². The lowest BCUT2D eigenvalue weighted by Gasteiger charge is -2.32. The van der Waals surface area contributed by atoms with E-state index in [1.54, 1.807) is 0 Å². The molecule has 2 heterocycles. The number of para-hydroxylation sites is 1. The maximum absolute atomic E-state index is 14.3. The van der Waals surface area contributed by atoms with E-state index < -0.39 is 36.1 Å². The van der Waals surface area contributed by atoms with Crippen molar-refractivity contribution in [3.05, 3.63) is 42.1 Å². The second-order valence-corrected chi connectivity index (χ2v) is 6.91. The number of rotatable bonds is 2. The summed E-state index contributed by atoms with van der Waals surface area (Å²) in [7, 11) is -0.959. The van der Waals surface area contributed by atoms with Gasteiger partial charge in [-0.2, -0.15) is 17.6 Å². The number of benzene rings is 1. The van der Waals surface area contributed by atoms with E-state index in [0.29, 0.717) is 0 Å². The summed E-state index contributed by atoms with van der Waals surface area (Å²) >= 11 is 0. The molecule has 1 aromatic heterocycles. The Morgan fingerprint density at radius 2 is 1.60 bits per heavy atom. The molecule has 0 spiro atoms. The van der Waals surface area contributed by atoms with Gasteiger partial charge in [-0.3, -0.25) is 4.57 Å². The molecule has 2 aromatic rings. The highest BCUT2D eigenvalue weighted by Gasteiger charge is 2.53. The summed E-state index contributed by atoms with van der Waals surface area (Å²) in [6, 6.07) is 4.72. The number of halogens is 4. The van der Waals surface area contributed by atoms with Crippen molar-refractivity contribution < 1.29 is 26.9 Å². The molecule has 0 atom stereocenters. The molecule has 25 heavy (non-hydrogen) atoms. The Morgan fingerprint density at radius 3 is 2.16 bits per heavy atom. The minimum Gasteiger partial charge on any atom is -0.398 e. The monoisotopic (exact) mass is 356 g/mol. The molecule has 0 N–H and O–H groups in total. The third-order valence-corrected chi connectivity index (χ3v) is 4.65.